The Kier molecular flexibility index (Phi) is 3.28. The molecule has 3 rings (SSSR count). The van der Waals surface area contributed by atoms with Gasteiger partial charge in [0.25, 0.3) is 0 Å². The van der Waals surface area contributed by atoms with Gasteiger partial charge in [0, 0.05) is 13.1 Å². The molecule has 0 atom stereocenters. The fraction of sp³-hybridized carbons (Fsp3) is 0.333. The van der Waals surface area contributed by atoms with E-state index in [1.165, 1.54) is 4.31 Å². The maximum absolute atomic E-state index is 12.3. The topological polar surface area (TPSA) is 88.3 Å². The van der Waals surface area contributed by atoms with Gasteiger partial charge in [-0.25, -0.2) is 13.1 Å². The van der Waals surface area contributed by atoms with Gasteiger partial charge in [-0.2, -0.15) is 4.31 Å². The first-order valence-electron chi connectivity index (χ1n) is 6.18. The minimum Gasteiger partial charge on any atom is -0.390 e. The van der Waals surface area contributed by atoms with E-state index in [0.29, 0.717) is 23.7 Å². The second kappa shape index (κ2) is 4.97. The van der Waals surface area contributed by atoms with Crippen molar-refractivity contribution in [3.8, 4) is 0 Å². The number of hydrogen-bond acceptors (Lipinski definition) is 5. The van der Waals surface area contributed by atoms with Gasteiger partial charge in [-0.05, 0) is 12.1 Å². The number of aliphatic hydroxyl groups is 1. The molecule has 0 amide bonds. The summed E-state index contributed by atoms with van der Waals surface area (Å²) in [5.74, 6) is 0. The van der Waals surface area contributed by atoms with Crippen LogP contribution < -0.4 is 0 Å². The molecule has 0 bridgehead atoms. The lowest BCUT2D eigenvalue weighted by Gasteiger charge is -2.37. The summed E-state index contributed by atoms with van der Waals surface area (Å²) in [4.78, 5) is 0.299. The minimum absolute atomic E-state index is 0.0266. The lowest BCUT2D eigenvalue weighted by atomic mass is 10.2. The van der Waals surface area contributed by atoms with Gasteiger partial charge < -0.3 is 5.11 Å². The monoisotopic (exact) mass is 294 g/mol. The van der Waals surface area contributed by atoms with E-state index >= 15 is 0 Å². The Labute approximate surface area is 116 Å². The number of nitrogens with zero attached hydrogens (tertiary/aromatic N) is 4. The summed E-state index contributed by atoms with van der Waals surface area (Å²) in [5, 5.41) is 16.6. The van der Waals surface area contributed by atoms with Gasteiger partial charge >= 0.3 is 0 Å². The van der Waals surface area contributed by atoms with E-state index in [4.69, 9.17) is 5.11 Å². The van der Waals surface area contributed by atoms with Gasteiger partial charge in [0.05, 0.1) is 23.7 Å². The SMILES string of the molecule is O=S(=O)(c1ccccc1)N1CC(n2cc(CO)nn2)C1. The summed E-state index contributed by atoms with van der Waals surface area (Å²) in [6.07, 6.45) is 1.64. The number of aromatic nitrogens is 3. The Morgan fingerprint density at radius 1 is 1.25 bits per heavy atom. The van der Waals surface area contributed by atoms with E-state index in [1.807, 2.05) is 0 Å². The number of benzene rings is 1. The summed E-state index contributed by atoms with van der Waals surface area (Å²) in [7, 11) is -3.42. The molecule has 0 spiro atoms. The largest absolute Gasteiger partial charge is 0.390 e. The molecule has 0 radical (unpaired) electrons. The Balaban J connectivity index is 1.71. The molecule has 1 aliphatic heterocycles. The van der Waals surface area contributed by atoms with Crippen molar-refractivity contribution in [2.45, 2.75) is 17.5 Å². The number of sulfonamides is 1. The third kappa shape index (κ3) is 2.21. The van der Waals surface area contributed by atoms with Gasteiger partial charge in [0.15, 0.2) is 0 Å². The van der Waals surface area contributed by atoms with Crippen LogP contribution in [0.4, 0.5) is 0 Å². The predicted octanol–water partition coefficient (Wildman–Crippen LogP) is 0.0160. The van der Waals surface area contributed by atoms with Crippen LogP contribution in [0.3, 0.4) is 0 Å². The first kappa shape index (κ1) is 13.2. The molecule has 20 heavy (non-hydrogen) atoms. The van der Waals surface area contributed by atoms with Gasteiger partial charge in [0.2, 0.25) is 10.0 Å². The Morgan fingerprint density at radius 2 is 1.95 bits per heavy atom. The molecule has 2 heterocycles. The zero-order chi connectivity index (χ0) is 14.2. The van der Waals surface area contributed by atoms with Crippen LogP contribution in [0.25, 0.3) is 0 Å². The standard InChI is InChI=1S/C12H14N4O3S/c17-9-10-6-16(14-13-10)11-7-15(8-11)20(18,19)12-4-2-1-3-5-12/h1-6,11,17H,7-9H2. The third-order valence-electron chi connectivity index (χ3n) is 3.30. The van der Waals surface area contributed by atoms with Crippen LogP contribution in [0, 0.1) is 0 Å². The van der Waals surface area contributed by atoms with Crippen molar-refractivity contribution in [2.75, 3.05) is 13.1 Å². The van der Waals surface area contributed by atoms with Crippen molar-refractivity contribution in [1.82, 2.24) is 19.3 Å². The van der Waals surface area contributed by atoms with Crippen LogP contribution in [0.5, 0.6) is 0 Å². The van der Waals surface area contributed by atoms with Crippen LogP contribution >= 0.6 is 0 Å². The summed E-state index contributed by atoms with van der Waals surface area (Å²) in [5.41, 5.74) is 0.481. The van der Waals surface area contributed by atoms with Crippen molar-refractivity contribution in [1.29, 1.82) is 0 Å². The van der Waals surface area contributed by atoms with E-state index < -0.39 is 10.0 Å². The minimum atomic E-state index is -3.42. The molecule has 0 aliphatic carbocycles. The first-order chi connectivity index (χ1) is 9.61. The maximum Gasteiger partial charge on any atom is 0.243 e. The third-order valence-corrected chi connectivity index (χ3v) is 5.15. The highest BCUT2D eigenvalue weighted by Gasteiger charge is 2.38. The summed E-state index contributed by atoms with van der Waals surface area (Å²) >= 11 is 0. The fourth-order valence-electron chi connectivity index (χ4n) is 2.09. The highest BCUT2D eigenvalue weighted by atomic mass is 32.2. The van der Waals surface area contributed by atoms with E-state index in [1.54, 1.807) is 41.2 Å². The molecule has 0 saturated carbocycles. The molecule has 2 aromatic rings. The Bertz CT molecular complexity index is 693. The van der Waals surface area contributed by atoms with Gasteiger partial charge in [0.1, 0.15) is 5.69 Å². The van der Waals surface area contributed by atoms with E-state index in [2.05, 4.69) is 10.3 Å². The normalized spacial score (nSPS) is 17.1. The molecule has 1 aromatic carbocycles. The first-order valence-corrected chi connectivity index (χ1v) is 7.62. The molecule has 1 N–H and O–H groups in total. The molecule has 1 aliphatic rings. The highest BCUT2D eigenvalue weighted by Crippen LogP contribution is 2.27. The molecule has 8 heteroatoms. The van der Waals surface area contributed by atoms with Crippen LogP contribution in [0.1, 0.15) is 11.7 Å². The van der Waals surface area contributed by atoms with Gasteiger partial charge in [-0.3, -0.25) is 0 Å². The predicted molar refractivity (Wildman–Crippen MR) is 70.2 cm³/mol. The Morgan fingerprint density at radius 3 is 2.55 bits per heavy atom. The lowest BCUT2D eigenvalue weighted by Crippen LogP contribution is -2.50. The second-order valence-corrected chi connectivity index (χ2v) is 6.57. The van der Waals surface area contributed by atoms with Crippen molar-refractivity contribution in [3.63, 3.8) is 0 Å². The van der Waals surface area contributed by atoms with Crippen molar-refractivity contribution in [3.05, 3.63) is 42.2 Å². The van der Waals surface area contributed by atoms with E-state index in [9.17, 15) is 8.42 Å². The highest BCUT2D eigenvalue weighted by molar-refractivity contribution is 7.89. The zero-order valence-corrected chi connectivity index (χ0v) is 11.4. The Hall–Kier alpha value is -1.77. The number of rotatable bonds is 4. The van der Waals surface area contributed by atoms with E-state index in [-0.39, 0.29) is 12.6 Å². The van der Waals surface area contributed by atoms with E-state index in [0.717, 1.165) is 0 Å². The molecule has 0 unspecified atom stereocenters. The summed E-state index contributed by atoms with van der Waals surface area (Å²) in [6.45, 7) is 0.565. The lowest BCUT2D eigenvalue weighted by molar-refractivity contribution is 0.188. The van der Waals surface area contributed by atoms with Crippen LogP contribution in [-0.4, -0.2) is 45.9 Å². The average Bonchev–Trinajstić information content (AvgIpc) is 2.86. The number of aliphatic hydroxyl groups excluding tert-OH is 1. The van der Waals surface area contributed by atoms with Crippen molar-refractivity contribution < 1.29 is 13.5 Å². The van der Waals surface area contributed by atoms with Crippen LogP contribution in [0.15, 0.2) is 41.4 Å². The molecular weight excluding hydrogens is 280 g/mol. The van der Waals surface area contributed by atoms with Crippen LogP contribution in [-0.2, 0) is 16.6 Å². The number of hydrogen-bond donors (Lipinski definition) is 1. The molecule has 7 nitrogen and oxygen atoms in total. The average molecular weight is 294 g/mol. The van der Waals surface area contributed by atoms with Gasteiger partial charge in [-0.15, -0.1) is 5.10 Å². The maximum atomic E-state index is 12.3. The van der Waals surface area contributed by atoms with Crippen LogP contribution in [0.2, 0.25) is 0 Å². The molecule has 106 valence electrons. The molecule has 1 fully saturated rings. The van der Waals surface area contributed by atoms with Crippen molar-refractivity contribution >= 4 is 10.0 Å². The smallest absolute Gasteiger partial charge is 0.243 e. The fourth-order valence-corrected chi connectivity index (χ4v) is 3.62. The summed E-state index contributed by atoms with van der Waals surface area (Å²) < 4.78 is 27.6. The second-order valence-electron chi connectivity index (χ2n) is 4.64. The molecular formula is C12H14N4O3S. The van der Waals surface area contributed by atoms with Gasteiger partial charge in [-0.1, -0.05) is 23.4 Å². The summed E-state index contributed by atoms with van der Waals surface area (Å²) in [6, 6.07) is 8.33. The zero-order valence-electron chi connectivity index (χ0n) is 10.6. The molecule has 1 aromatic heterocycles. The molecule has 1 saturated heterocycles. The van der Waals surface area contributed by atoms with Crippen molar-refractivity contribution in [2.24, 2.45) is 0 Å². The quantitative estimate of drug-likeness (QED) is 0.858.